The van der Waals surface area contributed by atoms with Crippen molar-refractivity contribution >= 4 is 0 Å². The average molecular weight is 343 g/mol. The number of nitrogens with zero attached hydrogens (tertiary/aromatic N) is 3. The van der Waals surface area contributed by atoms with E-state index in [4.69, 9.17) is 4.74 Å². The van der Waals surface area contributed by atoms with Gasteiger partial charge in [0.1, 0.15) is 0 Å². The van der Waals surface area contributed by atoms with Crippen molar-refractivity contribution in [1.29, 1.82) is 0 Å². The predicted molar refractivity (Wildman–Crippen MR) is 98.3 cm³/mol. The fraction of sp³-hybridized carbons (Fsp3) is 0.550. The molecular formula is C20H29N3O2. The molecule has 0 radical (unpaired) electrons. The van der Waals surface area contributed by atoms with Gasteiger partial charge in [0.15, 0.2) is 0 Å². The lowest BCUT2D eigenvalue weighted by Gasteiger charge is -2.50. The molecule has 1 saturated heterocycles. The van der Waals surface area contributed by atoms with Crippen molar-refractivity contribution in [1.82, 2.24) is 14.7 Å². The summed E-state index contributed by atoms with van der Waals surface area (Å²) in [7, 11) is 1.66. The first-order valence-electron chi connectivity index (χ1n) is 8.91. The molecule has 5 nitrogen and oxygen atoms in total. The van der Waals surface area contributed by atoms with Gasteiger partial charge in [-0.3, -0.25) is 9.58 Å². The summed E-state index contributed by atoms with van der Waals surface area (Å²) in [6, 6.07) is 10.7. The Morgan fingerprint density at radius 3 is 2.40 bits per heavy atom. The first-order chi connectivity index (χ1) is 11.9. The van der Waals surface area contributed by atoms with Gasteiger partial charge in [-0.05, 0) is 23.6 Å². The Hall–Kier alpha value is -1.69. The van der Waals surface area contributed by atoms with Crippen LogP contribution >= 0.6 is 0 Å². The van der Waals surface area contributed by atoms with Gasteiger partial charge in [-0.1, -0.05) is 38.1 Å². The van der Waals surface area contributed by atoms with E-state index in [0.29, 0.717) is 6.61 Å². The number of hydrogen-bond acceptors (Lipinski definition) is 4. The van der Waals surface area contributed by atoms with Crippen LogP contribution in [0, 0.1) is 5.41 Å². The first-order valence-corrected chi connectivity index (χ1v) is 8.91. The predicted octanol–water partition coefficient (Wildman–Crippen LogP) is 2.54. The third kappa shape index (κ3) is 4.11. The van der Waals surface area contributed by atoms with Gasteiger partial charge in [-0.25, -0.2) is 0 Å². The number of rotatable bonds is 6. The van der Waals surface area contributed by atoms with Crippen molar-refractivity contribution in [2.75, 3.05) is 26.8 Å². The second-order valence-corrected chi connectivity index (χ2v) is 7.83. The van der Waals surface area contributed by atoms with Crippen molar-refractivity contribution in [3.05, 3.63) is 53.9 Å². The Morgan fingerprint density at radius 1 is 1.16 bits per heavy atom. The summed E-state index contributed by atoms with van der Waals surface area (Å²) < 4.78 is 7.18. The zero-order valence-electron chi connectivity index (χ0n) is 15.5. The summed E-state index contributed by atoms with van der Waals surface area (Å²) >= 11 is 0. The standard InChI is InChI=1S/C20H29N3O2/c1-19(2)15-22(12-9-20(19,24)16-25-3)13-17-5-7-18(8-6-17)14-23-11-4-10-21-23/h4-8,10-11,24H,9,12-16H2,1-3H3/t20-/m1/s1. The molecule has 1 aliphatic rings. The fourth-order valence-electron chi connectivity index (χ4n) is 3.70. The van der Waals surface area contributed by atoms with Gasteiger partial charge in [0.05, 0.1) is 18.8 Å². The van der Waals surface area contributed by atoms with E-state index in [1.54, 1.807) is 13.3 Å². The number of hydrogen-bond donors (Lipinski definition) is 1. The van der Waals surface area contributed by atoms with Crippen molar-refractivity contribution in [3.8, 4) is 0 Å². The highest BCUT2D eigenvalue weighted by Gasteiger charge is 2.47. The van der Waals surface area contributed by atoms with Crippen LogP contribution in [-0.2, 0) is 17.8 Å². The molecule has 0 unspecified atom stereocenters. The summed E-state index contributed by atoms with van der Waals surface area (Å²) in [5.41, 5.74) is 1.62. The fourth-order valence-corrected chi connectivity index (χ4v) is 3.70. The van der Waals surface area contributed by atoms with E-state index in [9.17, 15) is 5.11 Å². The highest BCUT2D eigenvalue weighted by molar-refractivity contribution is 5.23. The van der Waals surface area contributed by atoms with Gasteiger partial charge >= 0.3 is 0 Å². The molecular weight excluding hydrogens is 314 g/mol. The minimum Gasteiger partial charge on any atom is -0.387 e. The maximum absolute atomic E-state index is 10.9. The summed E-state index contributed by atoms with van der Waals surface area (Å²) in [4.78, 5) is 2.42. The van der Waals surface area contributed by atoms with Gasteiger partial charge in [0.25, 0.3) is 0 Å². The van der Waals surface area contributed by atoms with Crippen LogP contribution in [-0.4, -0.2) is 52.2 Å². The molecule has 0 aliphatic carbocycles. The van der Waals surface area contributed by atoms with Gasteiger partial charge < -0.3 is 9.84 Å². The molecule has 0 amide bonds. The van der Waals surface area contributed by atoms with Gasteiger partial charge in [0, 0.05) is 44.6 Å². The summed E-state index contributed by atoms with van der Waals surface area (Å²) in [6.07, 6.45) is 4.52. The highest BCUT2D eigenvalue weighted by Crippen LogP contribution is 2.39. The van der Waals surface area contributed by atoms with Crippen LogP contribution in [0.1, 0.15) is 31.4 Å². The molecule has 0 saturated carbocycles. The maximum atomic E-state index is 10.9. The Labute approximate surface area is 150 Å². The number of aromatic nitrogens is 2. The van der Waals surface area contributed by atoms with E-state index >= 15 is 0 Å². The third-order valence-electron chi connectivity index (χ3n) is 5.44. The molecule has 1 fully saturated rings. The molecule has 2 heterocycles. The number of ether oxygens (including phenoxy) is 1. The lowest BCUT2D eigenvalue weighted by atomic mass is 9.70. The Bertz CT molecular complexity index is 667. The second-order valence-electron chi connectivity index (χ2n) is 7.83. The summed E-state index contributed by atoms with van der Waals surface area (Å²) in [6.45, 7) is 8.12. The molecule has 1 aromatic carbocycles. The third-order valence-corrected chi connectivity index (χ3v) is 5.44. The average Bonchev–Trinajstić information content (AvgIpc) is 3.06. The second kappa shape index (κ2) is 7.28. The van der Waals surface area contributed by atoms with E-state index in [-0.39, 0.29) is 5.41 Å². The minimum atomic E-state index is -0.744. The van der Waals surface area contributed by atoms with Gasteiger partial charge in [0.2, 0.25) is 0 Å². The molecule has 136 valence electrons. The van der Waals surface area contributed by atoms with E-state index in [2.05, 4.69) is 48.1 Å². The van der Waals surface area contributed by atoms with Crippen LogP contribution in [0.3, 0.4) is 0 Å². The van der Waals surface area contributed by atoms with E-state index in [1.165, 1.54) is 11.1 Å². The zero-order valence-corrected chi connectivity index (χ0v) is 15.5. The quantitative estimate of drug-likeness (QED) is 0.876. The largest absolute Gasteiger partial charge is 0.387 e. The monoisotopic (exact) mass is 343 g/mol. The van der Waals surface area contributed by atoms with Crippen molar-refractivity contribution in [2.24, 2.45) is 5.41 Å². The van der Waals surface area contributed by atoms with Crippen LogP contribution < -0.4 is 0 Å². The molecule has 3 rings (SSSR count). The van der Waals surface area contributed by atoms with Crippen LogP contribution in [0.2, 0.25) is 0 Å². The minimum absolute atomic E-state index is 0.193. The van der Waals surface area contributed by atoms with E-state index in [1.807, 2.05) is 16.9 Å². The smallest absolute Gasteiger partial charge is 0.0954 e. The highest BCUT2D eigenvalue weighted by atomic mass is 16.5. The molecule has 1 aromatic heterocycles. The van der Waals surface area contributed by atoms with Crippen molar-refractivity contribution < 1.29 is 9.84 Å². The van der Waals surface area contributed by atoms with Gasteiger partial charge in [-0.2, -0.15) is 5.10 Å². The maximum Gasteiger partial charge on any atom is 0.0954 e. The van der Waals surface area contributed by atoms with Gasteiger partial charge in [-0.15, -0.1) is 0 Å². The lowest BCUT2D eigenvalue weighted by Crippen LogP contribution is -2.59. The summed E-state index contributed by atoms with van der Waals surface area (Å²) in [5, 5.41) is 15.1. The normalized spacial score (nSPS) is 23.7. The Kier molecular flexibility index (Phi) is 5.27. The van der Waals surface area contributed by atoms with Crippen LogP contribution in [0.4, 0.5) is 0 Å². The number of aliphatic hydroxyl groups is 1. The Balaban J connectivity index is 1.59. The molecule has 0 bridgehead atoms. The SMILES string of the molecule is COC[C@]1(O)CCN(Cc2ccc(Cn3cccn3)cc2)CC1(C)C. The number of methoxy groups -OCH3 is 1. The van der Waals surface area contributed by atoms with Crippen molar-refractivity contribution in [2.45, 2.75) is 39.0 Å². The molecule has 1 aliphatic heterocycles. The molecule has 1 N–H and O–H groups in total. The van der Waals surface area contributed by atoms with Crippen LogP contribution in [0.5, 0.6) is 0 Å². The van der Waals surface area contributed by atoms with Crippen molar-refractivity contribution in [3.63, 3.8) is 0 Å². The molecule has 25 heavy (non-hydrogen) atoms. The number of benzene rings is 1. The molecule has 2 aromatic rings. The molecule has 5 heteroatoms. The van der Waals surface area contributed by atoms with E-state index in [0.717, 1.165) is 32.6 Å². The molecule has 1 atom stereocenters. The van der Waals surface area contributed by atoms with Crippen LogP contribution in [0.15, 0.2) is 42.7 Å². The molecule has 0 spiro atoms. The zero-order chi connectivity index (χ0) is 17.9. The Morgan fingerprint density at radius 2 is 1.84 bits per heavy atom. The summed E-state index contributed by atoms with van der Waals surface area (Å²) in [5.74, 6) is 0. The van der Waals surface area contributed by atoms with Crippen LogP contribution in [0.25, 0.3) is 0 Å². The number of piperidine rings is 1. The topological polar surface area (TPSA) is 50.5 Å². The van der Waals surface area contributed by atoms with E-state index < -0.39 is 5.60 Å². The number of likely N-dealkylation sites (tertiary alicyclic amines) is 1. The lowest BCUT2D eigenvalue weighted by molar-refractivity contribution is -0.151. The first kappa shape index (κ1) is 18.1.